The van der Waals surface area contributed by atoms with Crippen molar-refractivity contribution in [1.82, 2.24) is 4.98 Å². The van der Waals surface area contributed by atoms with Gasteiger partial charge in [0.25, 0.3) is 0 Å². The van der Waals surface area contributed by atoms with Crippen molar-refractivity contribution in [1.29, 1.82) is 0 Å². The zero-order valence-electron chi connectivity index (χ0n) is 7.81. The maximum Gasteiger partial charge on any atom is 0.132 e. The highest BCUT2D eigenvalue weighted by Gasteiger charge is 2.11. The van der Waals surface area contributed by atoms with Gasteiger partial charge in [-0.15, -0.1) is 0 Å². The number of benzene rings is 1. The van der Waals surface area contributed by atoms with Crippen molar-refractivity contribution < 1.29 is 0 Å². The molecule has 0 aliphatic heterocycles. The number of rotatable bonds is 2. The van der Waals surface area contributed by atoms with Crippen molar-refractivity contribution in [3.63, 3.8) is 0 Å². The number of anilines is 1. The summed E-state index contributed by atoms with van der Waals surface area (Å²) in [7, 11) is 0. The number of aromatic nitrogens is 1. The first-order valence-corrected chi connectivity index (χ1v) is 5.52. The van der Waals surface area contributed by atoms with E-state index in [0.29, 0.717) is 10.7 Å². The topological polar surface area (TPSA) is 64.9 Å². The van der Waals surface area contributed by atoms with Crippen LogP contribution in [0.2, 0.25) is 0 Å². The third-order valence-corrected chi connectivity index (χ3v) is 3.03. The summed E-state index contributed by atoms with van der Waals surface area (Å²) in [6.45, 7) is 0. The Labute approximate surface area is 96.8 Å². The summed E-state index contributed by atoms with van der Waals surface area (Å²) in [4.78, 5) is 4.55. The Morgan fingerprint density at radius 2 is 1.93 bits per heavy atom. The lowest BCUT2D eigenvalue weighted by atomic mass is 10.2. The summed E-state index contributed by atoms with van der Waals surface area (Å²) < 4.78 is 0. The van der Waals surface area contributed by atoms with Gasteiger partial charge in [-0.1, -0.05) is 53.9 Å². The van der Waals surface area contributed by atoms with E-state index in [4.69, 9.17) is 23.7 Å². The van der Waals surface area contributed by atoms with Crippen LogP contribution in [0.25, 0.3) is 10.6 Å². The van der Waals surface area contributed by atoms with Crippen LogP contribution in [0.15, 0.2) is 30.3 Å². The van der Waals surface area contributed by atoms with Gasteiger partial charge in [0.2, 0.25) is 0 Å². The Morgan fingerprint density at radius 3 is 2.47 bits per heavy atom. The lowest BCUT2D eigenvalue weighted by Crippen LogP contribution is -2.11. The molecule has 0 aliphatic carbocycles. The van der Waals surface area contributed by atoms with E-state index < -0.39 is 0 Å². The SMILES string of the molecule is NC(=S)c1nc(-c2ccccc2)sc1N. The Bertz CT molecular complexity index is 491. The fraction of sp³-hybridized carbons (Fsp3) is 0. The molecule has 1 heterocycles. The first-order chi connectivity index (χ1) is 7.18. The molecule has 0 amide bonds. The van der Waals surface area contributed by atoms with Crippen LogP contribution in [-0.2, 0) is 0 Å². The zero-order valence-corrected chi connectivity index (χ0v) is 9.44. The van der Waals surface area contributed by atoms with Gasteiger partial charge in [0.05, 0.1) is 0 Å². The highest BCUT2D eigenvalue weighted by atomic mass is 32.1. The predicted octanol–water partition coefficient (Wildman–Crippen LogP) is 2.03. The molecule has 2 rings (SSSR count). The molecule has 3 nitrogen and oxygen atoms in total. The molecule has 0 fully saturated rings. The summed E-state index contributed by atoms with van der Waals surface area (Å²) in [6, 6.07) is 9.80. The van der Waals surface area contributed by atoms with E-state index in [9.17, 15) is 0 Å². The van der Waals surface area contributed by atoms with Gasteiger partial charge in [-0.25, -0.2) is 4.98 Å². The second-order valence-electron chi connectivity index (χ2n) is 2.96. The maximum absolute atomic E-state index is 5.77. The Balaban J connectivity index is 2.48. The van der Waals surface area contributed by atoms with Crippen LogP contribution in [-0.4, -0.2) is 9.97 Å². The van der Waals surface area contributed by atoms with E-state index >= 15 is 0 Å². The molecule has 0 saturated carbocycles. The molecule has 0 radical (unpaired) electrons. The smallest absolute Gasteiger partial charge is 0.132 e. The second kappa shape index (κ2) is 3.96. The van der Waals surface area contributed by atoms with Crippen molar-refractivity contribution in [2.45, 2.75) is 0 Å². The second-order valence-corrected chi connectivity index (χ2v) is 4.43. The number of nitrogen functional groups attached to an aromatic ring is 1. The summed E-state index contributed by atoms with van der Waals surface area (Å²) in [5.41, 5.74) is 12.8. The molecule has 0 spiro atoms. The highest BCUT2D eigenvalue weighted by molar-refractivity contribution is 7.80. The number of thiocarbonyl (C=S) groups is 1. The first-order valence-electron chi connectivity index (χ1n) is 4.30. The number of nitrogens with two attached hydrogens (primary N) is 2. The first kappa shape index (κ1) is 10.1. The van der Waals surface area contributed by atoms with Crippen LogP contribution in [0.5, 0.6) is 0 Å². The molecule has 1 aromatic carbocycles. The lowest BCUT2D eigenvalue weighted by Gasteiger charge is -1.93. The molecular formula is C10H9N3S2. The van der Waals surface area contributed by atoms with Crippen molar-refractivity contribution in [3.05, 3.63) is 36.0 Å². The van der Waals surface area contributed by atoms with Crippen LogP contribution in [0.4, 0.5) is 5.00 Å². The van der Waals surface area contributed by atoms with Gasteiger partial charge in [-0.05, 0) is 0 Å². The maximum atomic E-state index is 5.77. The molecular weight excluding hydrogens is 226 g/mol. The average Bonchev–Trinajstić information content (AvgIpc) is 2.62. The fourth-order valence-corrected chi connectivity index (χ4v) is 2.28. The lowest BCUT2D eigenvalue weighted by molar-refractivity contribution is 1.37. The molecule has 2 aromatic rings. The van der Waals surface area contributed by atoms with E-state index in [1.807, 2.05) is 30.3 Å². The van der Waals surface area contributed by atoms with Gasteiger partial charge in [0, 0.05) is 5.56 Å². The van der Waals surface area contributed by atoms with Crippen LogP contribution < -0.4 is 11.5 Å². The average molecular weight is 235 g/mol. The van der Waals surface area contributed by atoms with Gasteiger partial charge in [-0.3, -0.25) is 0 Å². The molecule has 1 aromatic heterocycles. The molecule has 0 saturated heterocycles. The van der Waals surface area contributed by atoms with Crippen molar-refractivity contribution >= 4 is 33.5 Å². The van der Waals surface area contributed by atoms with Crippen molar-refractivity contribution in [3.8, 4) is 10.6 Å². The van der Waals surface area contributed by atoms with Crippen LogP contribution in [0.3, 0.4) is 0 Å². The fourth-order valence-electron chi connectivity index (χ4n) is 1.21. The normalized spacial score (nSPS) is 10.1. The van der Waals surface area contributed by atoms with Crippen LogP contribution in [0.1, 0.15) is 5.69 Å². The minimum absolute atomic E-state index is 0.242. The Kier molecular flexibility index (Phi) is 2.66. The number of nitrogens with zero attached hydrogens (tertiary/aromatic N) is 1. The molecule has 4 N–H and O–H groups in total. The molecule has 15 heavy (non-hydrogen) atoms. The summed E-state index contributed by atoms with van der Waals surface area (Å²) in [5.74, 6) is 0. The molecule has 0 aliphatic rings. The van der Waals surface area contributed by atoms with Crippen LogP contribution >= 0.6 is 23.6 Å². The van der Waals surface area contributed by atoms with E-state index in [0.717, 1.165) is 10.6 Å². The predicted molar refractivity (Wildman–Crippen MR) is 67.8 cm³/mol. The van der Waals surface area contributed by atoms with E-state index in [1.165, 1.54) is 11.3 Å². The minimum Gasteiger partial charge on any atom is -0.389 e. The number of hydrogen-bond donors (Lipinski definition) is 2. The highest BCUT2D eigenvalue weighted by Crippen LogP contribution is 2.29. The van der Waals surface area contributed by atoms with Gasteiger partial charge in [-0.2, -0.15) is 0 Å². The molecule has 0 unspecified atom stereocenters. The summed E-state index contributed by atoms with van der Waals surface area (Å²) >= 11 is 6.25. The Hall–Kier alpha value is -1.46. The van der Waals surface area contributed by atoms with Gasteiger partial charge >= 0.3 is 0 Å². The summed E-state index contributed by atoms with van der Waals surface area (Å²) in [6.07, 6.45) is 0. The molecule has 76 valence electrons. The van der Waals surface area contributed by atoms with Crippen molar-refractivity contribution in [2.75, 3.05) is 5.73 Å². The van der Waals surface area contributed by atoms with E-state index in [2.05, 4.69) is 4.98 Å². The summed E-state index contributed by atoms with van der Waals surface area (Å²) in [5, 5.41) is 1.41. The van der Waals surface area contributed by atoms with E-state index in [1.54, 1.807) is 0 Å². The minimum atomic E-state index is 0.242. The zero-order chi connectivity index (χ0) is 10.8. The standard InChI is InChI=1S/C10H9N3S2/c11-8(14)7-9(12)15-10(13-7)6-4-2-1-3-5-6/h1-5H,12H2,(H2,11,14). The van der Waals surface area contributed by atoms with E-state index in [-0.39, 0.29) is 4.99 Å². The third-order valence-electron chi connectivity index (χ3n) is 1.91. The monoisotopic (exact) mass is 235 g/mol. The van der Waals surface area contributed by atoms with Crippen LogP contribution in [0, 0.1) is 0 Å². The molecule has 0 atom stereocenters. The number of hydrogen-bond acceptors (Lipinski definition) is 4. The van der Waals surface area contributed by atoms with Gasteiger partial charge in [0.15, 0.2) is 0 Å². The quantitative estimate of drug-likeness (QED) is 0.782. The van der Waals surface area contributed by atoms with Gasteiger partial charge in [0.1, 0.15) is 20.7 Å². The molecule has 0 bridgehead atoms. The van der Waals surface area contributed by atoms with Gasteiger partial charge < -0.3 is 11.5 Å². The molecule has 5 heteroatoms. The van der Waals surface area contributed by atoms with Crippen molar-refractivity contribution in [2.24, 2.45) is 5.73 Å². The number of thiazole rings is 1. The third kappa shape index (κ3) is 1.98. The Morgan fingerprint density at radius 1 is 1.27 bits per heavy atom. The largest absolute Gasteiger partial charge is 0.389 e.